The average Bonchev–Trinajstić information content (AvgIpc) is 3.23. The molecule has 0 saturated heterocycles. The molecule has 0 saturated carbocycles. The Bertz CT molecular complexity index is 930. The monoisotopic (exact) mass is 362 g/mol. The molecule has 0 radical (unpaired) electrons. The van der Waals surface area contributed by atoms with Crippen LogP contribution in [0, 0.1) is 0 Å². The largest absolute Gasteiger partial charge is 0.508 e. The van der Waals surface area contributed by atoms with Crippen LogP contribution in [0.25, 0.3) is 6.08 Å². The van der Waals surface area contributed by atoms with Gasteiger partial charge in [-0.1, -0.05) is 42.5 Å². The summed E-state index contributed by atoms with van der Waals surface area (Å²) in [6.45, 7) is 0.323. The Hall–Kier alpha value is -3.80. The van der Waals surface area contributed by atoms with Gasteiger partial charge in [0.05, 0.1) is 6.26 Å². The summed E-state index contributed by atoms with van der Waals surface area (Å²) in [5.41, 5.74) is 1.66. The van der Waals surface area contributed by atoms with Crippen LogP contribution in [0.5, 0.6) is 5.75 Å². The van der Waals surface area contributed by atoms with E-state index >= 15 is 0 Å². The summed E-state index contributed by atoms with van der Waals surface area (Å²) < 4.78 is 5.07. The topological polar surface area (TPSA) is 91.6 Å². The number of carbonyl (C=O) groups is 2. The number of carbonyl (C=O) groups excluding carboxylic acids is 2. The van der Waals surface area contributed by atoms with Crippen molar-refractivity contribution in [1.29, 1.82) is 0 Å². The number of hydrogen-bond acceptors (Lipinski definition) is 4. The Balaban J connectivity index is 1.78. The Morgan fingerprint density at radius 3 is 2.37 bits per heavy atom. The van der Waals surface area contributed by atoms with Crippen molar-refractivity contribution < 1.29 is 19.1 Å². The van der Waals surface area contributed by atoms with E-state index in [-0.39, 0.29) is 17.2 Å². The molecule has 6 nitrogen and oxygen atoms in total. The van der Waals surface area contributed by atoms with Crippen LogP contribution >= 0.6 is 0 Å². The van der Waals surface area contributed by atoms with Crippen LogP contribution in [0.1, 0.15) is 21.7 Å². The second kappa shape index (κ2) is 8.53. The number of nitrogens with one attached hydrogen (secondary N) is 2. The first-order chi connectivity index (χ1) is 13.1. The standard InChI is InChI=1S/C21H18N2O4/c24-17-10-8-15(9-11-17)13-18(23-21(26)19-7-4-12-27-19)20(25)22-14-16-5-2-1-3-6-16/h1-13,24H,14H2,(H,22,25)(H,23,26)/b18-13-. The highest BCUT2D eigenvalue weighted by molar-refractivity contribution is 6.04. The van der Waals surface area contributed by atoms with Crippen LogP contribution in [-0.2, 0) is 11.3 Å². The van der Waals surface area contributed by atoms with Gasteiger partial charge in [0.15, 0.2) is 5.76 Å². The van der Waals surface area contributed by atoms with E-state index in [9.17, 15) is 14.7 Å². The molecule has 0 aliphatic heterocycles. The number of phenols is 1. The summed E-state index contributed by atoms with van der Waals surface area (Å²) in [7, 11) is 0. The van der Waals surface area contributed by atoms with E-state index in [2.05, 4.69) is 10.6 Å². The molecule has 0 aliphatic rings. The number of aromatic hydroxyl groups is 1. The fourth-order valence-electron chi connectivity index (χ4n) is 2.36. The second-order valence-corrected chi connectivity index (χ2v) is 5.75. The fraction of sp³-hybridized carbons (Fsp3) is 0.0476. The van der Waals surface area contributed by atoms with Gasteiger partial charge in [0.2, 0.25) is 0 Å². The Morgan fingerprint density at radius 2 is 1.70 bits per heavy atom. The highest BCUT2D eigenvalue weighted by Gasteiger charge is 2.16. The number of benzene rings is 2. The maximum Gasteiger partial charge on any atom is 0.291 e. The molecule has 3 rings (SSSR count). The smallest absolute Gasteiger partial charge is 0.291 e. The van der Waals surface area contributed by atoms with Gasteiger partial charge in [-0.3, -0.25) is 9.59 Å². The molecule has 3 N–H and O–H groups in total. The van der Waals surface area contributed by atoms with Gasteiger partial charge in [0.1, 0.15) is 11.4 Å². The molecule has 1 heterocycles. The van der Waals surface area contributed by atoms with Crippen LogP contribution in [0.3, 0.4) is 0 Å². The Labute approximate surface area is 156 Å². The molecule has 0 spiro atoms. The van der Waals surface area contributed by atoms with E-state index in [1.54, 1.807) is 18.2 Å². The molecular weight excluding hydrogens is 344 g/mol. The third-order valence-electron chi connectivity index (χ3n) is 3.74. The lowest BCUT2D eigenvalue weighted by Gasteiger charge is -2.10. The molecule has 136 valence electrons. The van der Waals surface area contributed by atoms with Gasteiger partial charge in [-0.15, -0.1) is 0 Å². The molecule has 2 amide bonds. The van der Waals surface area contributed by atoms with Gasteiger partial charge < -0.3 is 20.2 Å². The molecule has 0 fully saturated rings. The molecule has 0 aliphatic carbocycles. The lowest BCUT2D eigenvalue weighted by atomic mass is 10.1. The molecule has 27 heavy (non-hydrogen) atoms. The summed E-state index contributed by atoms with van der Waals surface area (Å²) in [5, 5.41) is 14.8. The maximum atomic E-state index is 12.6. The van der Waals surface area contributed by atoms with Crippen molar-refractivity contribution in [2.45, 2.75) is 6.54 Å². The summed E-state index contributed by atoms with van der Waals surface area (Å²) in [5.74, 6) is -0.754. The van der Waals surface area contributed by atoms with Crippen molar-refractivity contribution in [2.24, 2.45) is 0 Å². The minimum Gasteiger partial charge on any atom is -0.508 e. The molecule has 0 bridgehead atoms. The number of rotatable bonds is 6. The Kier molecular flexibility index (Phi) is 5.69. The van der Waals surface area contributed by atoms with Crippen LogP contribution < -0.4 is 10.6 Å². The third kappa shape index (κ3) is 5.09. The molecular formula is C21H18N2O4. The summed E-state index contributed by atoms with van der Waals surface area (Å²) in [6.07, 6.45) is 2.91. The van der Waals surface area contributed by atoms with Gasteiger partial charge in [-0.25, -0.2) is 0 Å². The molecule has 1 aromatic heterocycles. The maximum absolute atomic E-state index is 12.6. The lowest BCUT2D eigenvalue weighted by Crippen LogP contribution is -2.34. The lowest BCUT2D eigenvalue weighted by molar-refractivity contribution is -0.117. The normalized spacial score (nSPS) is 11.0. The first kappa shape index (κ1) is 18.0. The van der Waals surface area contributed by atoms with Crippen molar-refractivity contribution in [1.82, 2.24) is 10.6 Å². The first-order valence-corrected chi connectivity index (χ1v) is 8.29. The predicted molar refractivity (Wildman–Crippen MR) is 101 cm³/mol. The number of furan rings is 1. The van der Waals surface area contributed by atoms with E-state index in [4.69, 9.17) is 4.42 Å². The SMILES string of the molecule is O=C(NCc1ccccc1)/C(=C/c1ccc(O)cc1)NC(=O)c1ccco1. The minimum atomic E-state index is -0.528. The van der Waals surface area contributed by atoms with Crippen molar-refractivity contribution in [3.8, 4) is 5.75 Å². The number of phenolic OH excluding ortho intramolecular Hbond substituents is 1. The van der Waals surface area contributed by atoms with Crippen LogP contribution in [-0.4, -0.2) is 16.9 Å². The van der Waals surface area contributed by atoms with E-state index < -0.39 is 11.8 Å². The minimum absolute atomic E-state index is 0.0676. The van der Waals surface area contributed by atoms with E-state index in [1.807, 2.05) is 30.3 Å². The van der Waals surface area contributed by atoms with Crippen molar-refractivity contribution in [3.63, 3.8) is 0 Å². The number of amides is 2. The molecule has 3 aromatic rings. The molecule has 0 unspecified atom stereocenters. The highest BCUT2D eigenvalue weighted by atomic mass is 16.3. The fourth-order valence-corrected chi connectivity index (χ4v) is 2.36. The predicted octanol–water partition coefficient (Wildman–Crippen LogP) is 3.07. The van der Waals surface area contributed by atoms with E-state index in [0.29, 0.717) is 12.1 Å². The molecule has 2 aromatic carbocycles. The zero-order valence-corrected chi connectivity index (χ0v) is 14.4. The third-order valence-corrected chi connectivity index (χ3v) is 3.74. The molecule has 6 heteroatoms. The van der Waals surface area contributed by atoms with E-state index in [0.717, 1.165) is 5.56 Å². The Morgan fingerprint density at radius 1 is 0.963 bits per heavy atom. The van der Waals surface area contributed by atoms with Gasteiger partial charge >= 0.3 is 0 Å². The zero-order chi connectivity index (χ0) is 19.1. The van der Waals surface area contributed by atoms with Gasteiger partial charge in [-0.05, 0) is 41.5 Å². The van der Waals surface area contributed by atoms with Crippen LogP contribution in [0.4, 0.5) is 0 Å². The second-order valence-electron chi connectivity index (χ2n) is 5.75. The van der Waals surface area contributed by atoms with Crippen molar-refractivity contribution in [3.05, 3.63) is 95.6 Å². The van der Waals surface area contributed by atoms with Crippen molar-refractivity contribution >= 4 is 17.9 Å². The number of hydrogen-bond donors (Lipinski definition) is 3. The average molecular weight is 362 g/mol. The van der Waals surface area contributed by atoms with Gasteiger partial charge in [0, 0.05) is 6.54 Å². The quantitative estimate of drug-likeness (QED) is 0.588. The van der Waals surface area contributed by atoms with Crippen LogP contribution in [0.2, 0.25) is 0 Å². The molecule has 0 atom stereocenters. The highest BCUT2D eigenvalue weighted by Crippen LogP contribution is 2.13. The van der Waals surface area contributed by atoms with E-state index in [1.165, 1.54) is 30.5 Å². The summed E-state index contributed by atoms with van der Waals surface area (Å²) >= 11 is 0. The van der Waals surface area contributed by atoms with Crippen molar-refractivity contribution in [2.75, 3.05) is 0 Å². The van der Waals surface area contributed by atoms with Gasteiger partial charge in [-0.2, -0.15) is 0 Å². The van der Waals surface area contributed by atoms with Gasteiger partial charge in [0.25, 0.3) is 11.8 Å². The zero-order valence-electron chi connectivity index (χ0n) is 14.4. The summed E-state index contributed by atoms with van der Waals surface area (Å²) in [4.78, 5) is 24.9. The first-order valence-electron chi connectivity index (χ1n) is 8.29. The van der Waals surface area contributed by atoms with Crippen LogP contribution in [0.15, 0.2) is 83.1 Å². The summed E-state index contributed by atoms with van der Waals surface area (Å²) in [6, 6.07) is 18.8.